The largest absolute Gasteiger partial charge is 0.497 e. The van der Waals surface area contributed by atoms with Crippen molar-refractivity contribution in [1.29, 1.82) is 0 Å². The number of nitrogens with zero attached hydrogens (tertiary/aromatic N) is 2. The van der Waals surface area contributed by atoms with Gasteiger partial charge in [0.2, 0.25) is 5.91 Å². The number of ether oxygens (including phenoxy) is 1. The number of likely N-dealkylation sites (tertiary alicyclic amines) is 1. The lowest BCUT2D eigenvalue weighted by atomic mass is 9.80. The van der Waals surface area contributed by atoms with E-state index in [4.69, 9.17) is 4.74 Å². The Morgan fingerprint density at radius 3 is 2.45 bits per heavy atom. The van der Waals surface area contributed by atoms with Gasteiger partial charge in [0.05, 0.1) is 7.11 Å². The third-order valence-electron chi connectivity index (χ3n) is 6.68. The van der Waals surface area contributed by atoms with E-state index in [1.807, 2.05) is 29.2 Å². The Morgan fingerprint density at radius 1 is 1.17 bits per heavy atom. The van der Waals surface area contributed by atoms with Crippen LogP contribution in [0.1, 0.15) is 44.9 Å². The Hall–Kier alpha value is -1.79. The smallest absolute Gasteiger partial charge is 0.248 e. The zero-order chi connectivity index (χ0) is 20.9. The van der Waals surface area contributed by atoms with Crippen LogP contribution < -0.4 is 10.1 Å². The van der Waals surface area contributed by atoms with E-state index < -0.39 is 5.54 Å². The summed E-state index contributed by atoms with van der Waals surface area (Å²) in [5, 5.41) is 13.4. The Kier molecular flexibility index (Phi) is 7.41. The third kappa shape index (κ3) is 5.23. The number of aliphatic hydroxyl groups excluding tert-OH is 1. The van der Waals surface area contributed by atoms with E-state index in [1.54, 1.807) is 7.11 Å². The molecule has 29 heavy (non-hydrogen) atoms. The molecule has 1 amide bonds. The van der Waals surface area contributed by atoms with Crippen LogP contribution in [0.4, 0.5) is 5.69 Å². The molecule has 2 fully saturated rings. The molecule has 0 unspecified atom stereocenters. The Bertz CT molecular complexity index is 656. The summed E-state index contributed by atoms with van der Waals surface area (Å²) in [5.41, 5.74) is 0.396. The van der Waals surface area contributed by atoms with Gasteiger partial charge in [-0.15, -0.1) is 0 Å². The van der Waals surface area contributed by atoms with Crippen molar-refractivity contribution in [3.63, 3.8) is 0 Å². The second kappa shape index (κ2) is 9.81. The maximum Gasteiger partial charge on any atom is 0.248 e. The number of amides is 1. The van der Waals surface area contributed by atoms with Crippen molar-refractivity contribution in [3.8, 4) is 5.75 Å². The number of nitrogens with one attached hydrogen (secondary N) is 1. The molecule has 1 aliphatic carbocycles. The predicted octanol–water partition coefficient (Wildman–Crippen LogP) is 2.97. The Morgan fingerprint density at radius 2 is 1.86 bits per heavy atom. The molecule has 1 aliphatic heterocycles. The Labute approximate surface area is 175 Å². The minimum Gasteiger partial charge on any atom is -0.497 e. The normalized spacial score (nSPS) is 24.8. The van der Waals surface area contributed by atoms with Gasteiger partial charge in [0.1, 0.15) is 11.3 Å². The molecule has 0 aromatic heterocycles. The van der Waals surface area contributed by atoms with Crippen molar-refractivity contribution in [2.24, 2.45) is 5.92 Å². The number of anilines is 1. The molecule has 2 N–H and O–H groups in total. The van der Waals surface area contributed by atoms with Crippen molar-refractivity contribution in [2.75, 3.05) is 46.2 Å². The molecular formula is C23H37N3O3. The summed E-state index contributed by atoms with van der Waals surface area (Å²) < 4.78 is 5.27. The minimum absolute atomic E-state index is 0.142. The maximum absolute atomic E-state index is 13.9. The van der Waals surface area contributed by atoms with E-state index in [-0.39, 0.29) is 18.4 Å². The lowest BCUT2D eigenvalue weighted by Gasteiger charge is -2.42. The molecule has 6 nitrogen and oxygen atoms in total. The average Bonchev–Trinajstić information content (AvgIpc) is 2.97. The van der Waals surface area contributed by atoms with Gasteiger partial charge in [-0.2, -0.15) is 0 Å². The van der Waals surface area contributed by atoms with Crippen molar-refractivity contribution in [1.82, 2.24) is 9.80 Å². The minimum atomic E-state index is -0.561. The molecule has 1 heterocycles. The van der Waals surface area contributed by atoms with E-state index in [9.17, 15) is 9.90 Å². The van der Waals surface area contributed by atoms with Crippen molar-refractivity contribution in [3.05, 3.63) is 24.3 Å². The fraction of sp³-hybridized carbons (Fsp3) is 0.696. The number of carbonyl (C=O) groups excluding carboxylic acids is 1. The van der Waals surface area contributed by atoms with Crippen LogP contribution in [0.5, 0.6) is 5.75 Å². The van der Waals surface area contributed by atoms with Crippen molar-refractivity contribution >= 4 is 11.6 Å². The number of methoxy groups -OCH3 is 1. The van der Waals surface area contributed by atoms with Crippen LogP contribution in [0.3, 0.4) is 0 Å². The molecule has 1 saturated carbocycles. The van der Waals surface area contributed by atoms with Gasteiger partial charge in [-0.05, 0) is 70.0 Å². The molecule has 0 radical (unpaired) electrons. The third-order valence-corrected chi connectivity index (χ3v) is 6.68. The number of carbonyl (C=O) groups is 1. The monoisotopic (exact) mass is 403 g/mol. The highest BCUT2D eigenvalue weighted by Crippen LogP contribution is 2.35. The van der Waals surface area contributed by atoms with E-state index in [1.165, 1.54) is 6.42 Å². The van der Waals surface area contributed by atoms with E-state index in [0.29, 0.717) is 12.6 Å². The zero-order valence-electron chi connectivity index (χ0n) is 18.2. The van der Waals surface area contributed by atoms with Crippen molar-refractivity contribution < 1.29 is 14.6 Å². The summed E-state index contributed by atoms with van der Waals surface area (Å²) in [5.74, 6) is 1.16. The molecule has 1 aromatic carbocycles. The topological polar surface area (TPSA) is 65.0 Å². The number of aliphatic hydroxyl groups is 1. The second-order valence-electron chi connectivity index (χ2n) is 8.95. The van der Waals surface area contributed by atoms with Gasteiger partial charge < -0.3 is 25.0 Å². The van der Waals surface area contributed by atoms with Crippen LogP contribution >= 0.6 is 0 Å². The molecule has 0 spiro atoms. The summed E-state index contributed by atoms with van der Waals surface area (Å²) >= 11 is 0. The summed E-state index contributed by atoms with van der Waals surface area (Å²) in [6.45, 7) is 1.52. The first-order valence-corrected chi connectivity index (χ1v) is 11.0. The lowest BCUT2D eigenvalue weighted by molar-refractivity contribution is -0.138. The van der Waals surface area contributed by atoms with Crippen LogP contribution in [0.2, 0.25) is 0 Å². The fourth-order valence-corrected chi connectivity index (χ4v) is 4.79. The number of rotatable bonds is 6. The summed E-state index contributed by atoms with van der Waals surface area (Å²) in [6, 6.07) is 8.17. The van der Waals surface area contributed by atoms with Gasteiger partial charge in [0.25, 0.3) is 0 Å². The first-order valence-electron chi connectivity index (χ1n) is 11.0. The van der Waals surface area contributed by atoms with E-state index >= 15 is 0 Å². The quantitative estimate of drug-likeness (QED) is 0.765. The van der Waals surface area contributed by atoms with Crippen molar-refractivity contribution in [2.45, 2.75) is 56.5 Å². The molecule has 1 aromatic rings. The molecular weight excluding hydrogens is 366 g/mol. The van der Waals surface area contributed by atoms with Crippen LogP contribution in [-0.4, -0.2) is 73.3 Å². The second-order valence-corrected chi connectivity index (χ2v) is 8.95. The van der Waals surface area contributed by atoms with Crippen LogP contribution in [0.15, 0.2) is 24.3 Å². The SMILES string of the molecule is COc1ccc(NC2(C(=O)N3C[C@@H](CO)CC[C@@H](N(C)C)C3)CCCCC2)cc1. The van der Waals surface area contributed by atoms with Gasteiger partial charge in [0, 0.05) is 31.4 Å². The fourth-order valence-electron chi connectivity index (χ4n) is 4.79. The first-order chi connectivity index (χ1) is 14.0. The van der Waals surface area contributed by atoms with E-state index in [2.05, 4.69) is 24.3 Å². The molecule has 2 atom stereocenters. The summed E-state index contributed by atoms with van der Waals surface area (Å²) in [6.07, 6.45) is 6.98. The van der Waals surface area contributed by atoms with Gasteiger partial charge in [-0.25, -0.2) is 0 Å². The van der Waals surface area contributed by atoms with Crippen LogP contribution in [0, 0.1) is 5.92 Å². The van der Waals surface area contributed by atoms with Gasteiger partial charge >= 0.3 is 0 Å². The number of benzene rings is 1. The van der Waals surface area contributed by atoms with E-state index in [0.717, 1.165) is 56.5 Å². The number of hydrogen-bond acceptors (Lipinski definition) is 5. The molecule has 6 heteroatoms. The first kappa shape index (κ1) is 21.9. The summed E-state index contributed by atoms with van der Waals surface area (Å²) in [7, 11) is 5.82. The highest BCUT2D eigenvalue weighted by molar-refractivity contribution is 5.89. The lowest BCUT2D eigenvalue weighted by Crippen LogP contribution is -2.57. The number of hydrogen-bond donors (Lipinski definition) is 2. The van der Waals surface area contributed by atoms with Gasteiger partial charge in [-0.1, -0.05) is 19.3 Å². The molecule has 162 valence electrons. The number of likely N-dealkylation sites (N-methyl/N-ethyl adjacent to an activating group) is 1. The molecule has 0 bridgehead atoms. The highest BCUT2D eigenvalue weighted by Gasteiger charge is 2.43. The molecule has 3 rings (SSSR count). The molecule has 1 saturated heterocycles. The maximum atomic E-state index is 13.9. The summed E-state index contributed by atoms with van der Waals surface area (Å²) in [4.78, 5) is 18.2. The molecule has 2 aliphatic rings. The highest BCUT2D eigenvalue weighted by atomic mass is 16.5. The average molecular weight is 404 g/mol. The Balaban J connectivity index is 1.84. The van der Waals surface area contributed by atoms with Gasteiger partial charge in [-0.3, -0.25) is 4.79 Å². The predicted molar refractivity (Wildman–Crippen MR) is 116 cm³/mol. The standard InChI is InChI=1S/C23H37N3O3/c1-25(2)20-10-7-18(17-27)15-26(16-20)22(28)23(13-5-4-6-14-23)24-19-8-11-21(29-3)12-9-19/h8-9,11-12,18,20,24,27H,4-7,10,13-17H2,1-3H3/t18-,20+/m0/s1. The van der Waals surface area contributed by atoms with Gasteiger partial charge in [0.15, 0.2) is 0 Å². The zero-order valence-corrected chi connectivity index (χ0v) is 18.2. The van der Waals surface area contributed by atoms with Crippen LogP contribution in [0.25, 0.3) is 0 Å². The van der Waals surface area contributed by atoms with Crippen LogP contribution in [-0.2, 0) is 4.79 Å².